The molecule has 1 N–H and O–H groups in total. The Morgan fingerprint density at radius 2 is 1.97 bits per heavy atom. The third-order valence-electron chi connectivity index (χ3n) is 8.57. The summed E-state index contributed by atoms with van der Waals surface area (Å²) in [5, 5.41) is 10.4. The van der Waals surface area contributed by atoms with Crippen LogP contribution >= 0.6 is 11.6 Å². The van der Waals surface area contributed by atoms with Gasteiger partial charge in [-0.2, -0.15) is 0 Å². The smallest absolute Gasteiger partial charge is 0.228 e. The molecule has 7 nitrogen and oxygen atoms in total. The van der Waals surface area contributed by atoms with Crippen LogP contribution in [0, 0.1) is 17.8 Å². The number of likely N-dealkylation sites (tertiary alicyclic amines) is 1. The van der Waals surface area contributed by atoms with Crippen LogP contribution in [0.5, 0.6) is 0 Å². The lowest BCUT2D eigenvalue weighted by atomic mass is 9.74. The van der Waals surface area contributed by atoms with E-state index in [1.165, 1.54) is 11.3 Å². The molecule has 0 spiro atoms. The SMILES string of the molecule is CC1C=C(Cl)C=CC1[C@H](C(=O)N1CCN(c2ncnc3c2[C@H](C)CC3)CC1)[C@@H]1CCCN1CCO. The first-order valence-electron chi connectivity index (χ1n) is 13.3. The number of halogens is 1. The standard InChI is InChI=1S/C27H38ClN5O2/c1-18-5-8-22-24(18)26(30-17-29-22)32-10-12-33(13-11-32)27(35)25(21-7-6-20(28)16-19(21)2)23-4-3-9-31(23)14-15-34/h6-7,16-19,21,23,25,34H,3-5,8-15H2,1-2H3/t18-,19?,21?,23+,25+/m1/s1. The zero-order valence-corrected chi connectivity index (χ0v) is 21.7. The van der Waals surface area contributed by atoms with Gasteiger partial charge in [-0.15, -0.1) is 0 Å². The number of hydrogen-bond donors (Lipinski definition) is 1. The molecule has 2 aliphatic carbocycles. The Balaban J connectivity index is 1.34. The van der Waals surface area contributed by atoms with Gasteiger partial charge in [0, 0.05) is 55.1 Å². The number of aliphatic hydroxyl groups excluding tert-OH is 1. The summed E-state index contributed by atoms with van der Waals surface area (Å²) in [5.41, 5.74) is 2.50. The fourth-order valence-electron chi connectivity index (χ4n) is 6.72. The molecule has 35 heavy (non-hydrogen) atoms. The second-order valence-electron chi connectivity index (χ2n) is 10.7. The molecule has 0 aromatic carbocycles. The minimum atomic E-state index is -0.133. The van der Waals surface area contributed by atoms with Gasteiger partial charge in [-0.05, 0) is 56.1 Å². The van der Waals surface area contributed by atoms with Gasteiger partial charge in [0.1, 0.15) is 12.1 Å². The molecule has 2 fully saturated rings. The van der Waals surface area contributed by atoms with Gasteiger partial charge in [0.2, 0.25) is 5.91 Å². The first kappa shape index (κ1) is 24.7. The topological polar surface area (TPSA) is 72.8 Å². The Bertz CT molecular complexity index is 990. The van der Waals surface area contributed by atoms with E-state index >= 15 is 0 Å². The number of fused-ring (bicyclic) bond motifs is 1. The Labute approximate surface area is 213 Å². The van der Waals surface area contributed by atoms with Crippen molar-refractivity contribution >= 4 is 23.3 Å². The van der Waals surface area contributed by atoms with Crippen molar-refractivity contribution in [1.29, 1.82) is 0 Å². The minimum Gasteiger partial charge on any atom is -0.395 e. The maximum absolute atomic E-state index is 14.1. The number of β-amino-alcohol motifs (C(OH)–C–C–N with tert-alkyl or cyclic N) is 1. The molecule has 2 aliphatic heterocycles. The van der Waals surface area contributed by atoms with Crippen molar-refractivity contribution in [2.24, 2.45) is 17.8 Å². The number of piperazine rings is 1. The molecule has 8 heteroatoms. The molecule has 0 radical (unpaired) electrons. The number of anilines is 1. The normalized spacial score (nSPS) is 29.9. The van der Waals surface area contributed by atoms with E-state index in [1.807, 2.05) is 6.08 Å². The highest BCUT2D eigenvalue weighted by atomic mass is 35.5. The molecule has 0 bridgehead atoms. The number of carbonyl (C=O) groups is 1. The lowest BCUT2D eigenvalue weighted by Gasteiger charge is -2.42. The highest BCUT2D eigenvalue weighted by Crippen LogP contribution is 2.39. The van der Waals surface area contributed by atoms with Crippen LogP contribution in [0.2, 0.25) is 0 Å². The summed E-state index contributed by atoms with van der Waals surface area (Å²) in [6.45, 7) is 9.12. The van der Waals surface area contributed by atoms with Crippen molar-refractivity contribution < 1.29 is 9.90 Å². The molecule has 4 aliphatic rings. The summed E-state index contributed by atoms with van der Waals surface area (Å²) in [5.74, 6) is 1.98. The van der Waals surface area contributed by atoms with E-state index in [0.717, 1.165) is 56.2 Å². The van der Waals surface area contributed by atoms with Crippen LogP contribution in [0.3, 0.4) is 0 Å². The Kier molecular flexibility index (Phi) is 7.47. The van der Waals surface area contributed by atoms with Crippen LogP contribution in [-0.2, 0) is 11.2 Å². The van der Waals surface area contributed by atoms with E-state index in [2.05, 4.69) is 50.7 Å². The number of allylic oxidation sites excluding steroid dienone is 4. The lowest BCUT2D eigenvalue weighted by Crippen LogP contribution is -2.55. The zero-order valence-electron chi connectivity index (χ0n) is 20.9. The Morgan fingerprint density at radius 1 is 1.17 bits per heavy atom. The minimum absolute atomic E-state index is 0.110. The first-order valence-corrected chi connectivity index (χ1v) is 13.6. The highest BCUT2D eigenvalue weighted by molar-refractivity contribution is 6.31. The van der Waals surface area contributed by atoms with Crippen molar-refractivity contribution in [1.82, 2.24) is 19.8 Å². The van der Waals surface area contributed by atoms with Crippen molar-refractivity contribution in [3.8, 4) is 0 Å². The van der Waals surface area contributed by atoms with E-state index in [-0.39, 0.29) is 36.3 Å². The average Bonchev–Trinajstić information content (AvgIpc) is 3.47. The fraction of sp³-hybridized carbons (Fsp3) is 0.667. The molecule has 1 aromatic heterocycles. The van der Waals surface area contributed by atoms with Gasteiger partial charge in [0.05, 0.1) is 12.5 Å². The van der Waals surface area contributed by atoms with Crippen LogP contribution < -0.4 is 4.90 Å². The zero-order chi connectivity index (χ0) is 24.5. The quantitative estimate of drug-likeness (QED) is 0.648. The van der Waals surface area contributed by atoms with Crippen LogP contribution in [-0.4, -0.2) is 82.7 Å². The summed E-state index contributed by atoms with van der Waals surface area (Å²) in [4.78, 5) is 30.1. The van der Waals surface area contributed by atoms with Gasteiger partial charge < -0.3 is 14.9 Å². The molecule has 0 saturated carbocycles. The lowest BCUT2D eigenvalue weighted by molar-refractivity contribution is -0.140. The van der Waals surface area contributed by atoms with Crippen LogP contribution in [0.1, 0.15) is 50.3 Å². The van der Waals surface area contributed by atoms with Crippen molar-refractivity contribution in [2.45, 2.75) is 51.5 Å². The second kappa shape index (κ2) is 10.6. The summed E-state index contributed by atoms with van der Waals surface area (Å²) >= 11 is 6.29. The fourth-order valence-corrected chi connectivity index (χ4v) is 6.99. The van der Waals surface area contributed by atoms with Gasteiger partial charge in [0.25, 0.3) is 0 Å². The van der Waals surface area contributed by atoms with Crippen LogP contribution in [0.4, 0.5) is 5.82 Å². The van der Waals surface area contributed by atoms with Crippen molar-refractivity contribution in [3.63, 3.8) is 0 Å². The third kappa shape index (κ3) is 4.87. The Morgan fingerprint density at radius 3 is 2.71 bits per heavy atom. The molecule has 190 valence electrons. The van der Waals surface area contributed by atoms with Crippen LogP contribution in [0.25, 0.3) is 0 Å². The number of aliphatic hydroxyl groups is 1. The molecule has 3 heterocycles. The van der Waals surface area contributed by atoms with E-state index < -0.39 is 0 Å². The summed E-state index contributed by atoms with van der Waals surface area (Å²) in [6, 6.07) is 0.154. The summed E-state index contributed by atoms with van der Waals surface area (Å²) in [6.07, 6.45) is 12.1. The molecule has 1 amide bonds. The van der Waals surface area contributed by atoms with Crippen molar-refractivity contribution in [3.05, 3.63) is 40.8 Å². The monoisotopic (exact) mass is 499 g/mol. The average molecular weight is 500 g/mol. The predicted octanol–water partition coefficient (Wildman–Crippen LogP) is 3.19. The van der Waals surface area contributed by atoms with E-state index in [4.69, 9.17) is 11.6 Å². The molecule has 1 aromatic rings. The van der Waals surface area contributed by atoms with E-state index in [9.17, 15) is 9.90 Å². The number of hydrogen-bond acceptors (Lipinski definition) is 6. The molecular weight excluding hydrogens is 462 g/mol. The molecule has 2 saturated heterocycles. The highest BCUT2D eigenvalue weighted by Gasteiger charge is 2.44. The Hall–Kier alpha value is -1.96. The van der Waals surface area contributed by atoms with E-state index in [0.29, 0.717) is 25.6 Å². The van der Waals surface area contributed by atoms with Gasteiger partial charge >= 0.3 is 0 Å². The summed E-state index contributed by atoms with van der Waals surface area (Å²) in [7, 11) is 0. The van der Waals surface area contributed by atoms with Gasteiger partial charge in [-0.3, -0.25) is 9.69 Å². The first-order chi connectivity index (χ1) is 17.0. The molecule has 5 rings (SSSR count). The van der Waals surface area contributed by atoms with E-state index in [1.54, 1.807) is 6.33 Å². The van der Waals surface area contributed by atoms with Crippen LogP contribution in [0.15, 0.2) is 29.6 Å². The maximum atomic E-state index is 14.1. The molecular formula is C27H38ClN5O2. The number of aryl methyl sites for hydroxylation is 1. The largest absolute Gasteiger partial charge is 0.395 e. The number of rotatable bonds is 6. The molecule has 5 atom stereocenters. The van der Waals surface area contributed by atoms with Crippen molar-refractivity contribution in [2.75, 3.05) is 50.8 Å². The maximum Gasteiger partial charge on any atom is 0.228 e. The predicted molar refractivity (Wildman–Crippen MR) is 138 cm³/mol. The number of nitrogens with zero attached hydrogens (tertiary/aromatic N) is 5. The number of carbonyl (C=O) groups excluding carboxylic acids is 1. The van der Waals surface area contributed by atoms with Gasteiger partial charge in [-0.1, -0.05) is 37.6 Å². The number of aromatic nitrogens is 2. The molecule has 2 unspecified atom stereocenters. The van der Waals surface area contributed by atoms with Gasteiger partial charge in [0.15, 0.2) is 0 Å². The van der Waals surface area contributed by atoms with Gasteiger partial charge in [-0.25, -0.2) is 9.97 Å². The second-order valence-corrected chi connectivity index (χ2v) is 11.1. The summed E-state index contributed by atoms with van der Waals surface area (Å²) < 4.78 is 0. The number of amides is 1. The third-order valence-corrected chi connectivity index (χ3v) is 8.82.